The van der Waals surface area contributed by atoms with E-state index in [9.17, 15) is 9.59 Å². The van der Waals surface area contributed by atoms with Crippen molar-refractivity contribution < 1.29 is 28.5 Å². The van der Waals surface area contributed by atoms with E-state index < -0.39 is 24.1 Å². The van der Waals surface area contributed by atoms with Crippen LogP contribution in [0.4, 0.5) is 0 Å². The van der Waals surface area contributed by atoms with Crippen LogP contribution >= 0.6 is 0 Å². The molecule has 2 aliphatic rings. The summed E-state index contributed by atoms with van der Waals surface area (Å²) in [6.07, 6.45) is 3.67. The third-order valence-electron chi connectivity index (χ3n) is 7.00. The Morgan fingerprint density at radius 3 is 2.09 bits per heavy atom. The van der Waals surface area contributed by atoms with Crippen LogP contribution in [0.1, 0.15) is 62.1 Å². The predicted octanol–water partition coefficient (Wildman–Crippen LogP) is 5.75. The summed E-state index contributed by atoms with van der Waals surface area (Å²) in [5, 5.41) is 1.96. The molecule has 0 aromatic heterocycles. The Morgan fingerprint density at radius 1 is 0.943 bits per heavy atom. The second-order valence-corrected chi connectivity index (χ2v) is 9.81. The highest BCUT2D eigenvalue weighted by atomic mass is 16.6. The lowest BCUT2D eigenvalue weighted by Crippen LogP contribution is -2.23. The van der Waals surface area contributed by atoms with Gasteiger partial charge in [0.05, 0.1) is 0 Å². The van der Waals surface area contributed by atoms with Crippen LogP contribution in [0.5, 0.6) is 11.5 Å². The molecule has 5 unspecified atom stereocenters. The Labute approximate surface area is 206 Å². The van der Waals surface area contributed by atoms with Crippen molar-refractivity contribution in [3.05, 3.63) is 60.2 Å². The van der Waals surface area contributed by atoms with Crippen LogP contribution in [-0.2, 0) is 19.1 Å². The number of fused-ring (bicyclic) bond motifs is 6. The molecule has 1 saturated carbocycles. The molecule has 6 heteroatoms. The molecule has 0 saturated heterocycles. The van der Waals surface area contributed by atoms with Crippen LogP contribution in [0, 0.1) is 12.8 Å². The molecule has 0 radical (unpaired) electrons. The largest absolute Gasteiger partial charge is 0.489 e. The van der Waals surface area contributed by atoms with Gasteiger partial charge in [0.2, 0.25) is 0 Å². The highest BCUT2D eigenvalue weighted by molar-refractivity contribution is 5.97. The molecule has 0 heterocycles. The van der Waals surface area contributed by atoms with Crippen molar-refractivity contribution in [3.8, 4) is 11.5 Å². The fraction of sp³-hybridized carbons (Fsp3) is 0.448. The van der Waals surface area contributed by atoms with Crippen LogP contribution in [-0.4, -0.2) is 37.4 Å². The molecule has 2 aromatic carbocycles. The molecular formula is C29H34O6. The van der Waals surface area contributed by atoms with Crippen molar-refractivity contribution in [1.82, 2.24) is 0 Å². The molecule has 4 rings (SSSR count). The van der Waals surface area contributed by atoms with Gasteiger partial charge in [-0.2, -0.15) is 0 Å². The Kier molecular flexibility index (Phi) is 7.20. The molecule has 1 fully saturated rings. The summed E-state index contributed by atoms with van der Waals surface area (Å²) in [6.45, 7) is 15.4. The quantitative estimate of drug-likeness (QED) is 0.320. The number of carbonyl (C=O) groups excluding carboxylic acids is 2. The average Bonchev–Trinajstić information content (AvgIpc) is 3.38. The van der Waals surface area contributed by atoms with E-state index in [1.54, 1.807) is 0 Å². The summed E-state index contributed by atoms with van der Waals surface area (Å²) < 4.78 is 23.5. The van der Waals surface area contributed by atoms with E-state index in [0.717, 1.165) is 52.8 Å². The van der Waals surface area contributed by atoms with E-state index in [1.165, 1.54) is 11.1 Å². The normalized spacial score (nSPS) is 21.7. The van der Waals surface area contributed by atoms with Gasteiger partial charge >= 0.3 is 11.9 Å². The van der Waals surface area contributed by atoms with Crippen LogP contribution in [0.2, 0.25) is 0 Å². The second-order valence-electron chi connectivity index (χ2n) is 9.81. The van der Waals surface area contributed by atoms with Crippen molar-refractivity contribution in [1.29, 1.82) is 0 Å². The fourth-order valence-electron chi connectivity index (χ4n) is 5.51. The smallest absolute Gasteiger partial charge is 0.330 e. The molecule has 186 valence electrons. The van der Waals surface area contributed by atoms with E-state index in [2.05, 4.69) is 45.2 Å². The Morgan fingerprint density at radius 2 is 1.51 bits per heavy atom. The molecule has 0 amide bonds. The van der Waals surface area contributed by atoms with Crippen LogP contribution in [0.25, 0.3) is 10.8 Å². The van der Waals surface area contributed by atoms with Gasteiger partial charge < -0.3 is 18.9 Å². The maximum Gasteiger partial charge on any atom is 0.330 e. The monoisotopic (exact) mass is 478 g/mol. The van der Waals surface area contributed by atoms with Gasteiger partial charge in [0.25, 0.3) is 0 Å². The minimum absolute atomic E-state index is 0.246. The zero-order chi connectivity index (χ0) is 25.3. The first-order chi connectivity index (χ1) is 16.7. The summed E-state index contributed by atoms with van der Waals surface area (Å²) in [5.41, 5.74) is 3.53. The highest BCUT2D eigenvalue weighted by Crippen LogP contribution is 2.63. The summed E-state index contributed by atoms with van der Waals surface area (Å²) in [6, 6.07) is 6.26. The lowest BCUT2D eigenvalue weighted by Gasteiger charge is -2.29. The van der Waals surface area contributed by atoms with E-state index in [-0.39, 0.29) is 13.2 Å². The van der Waals surface area contributed by atoms with E-state index >= 15 is 0 Å². The van der Waals surface area contributed by atoms with Gasteiger partial charge in [0.1, 0.15) is 36.9 Å². The fourth-order valence-corrected chi connectivity index (χ4v) is 5.51. The number of rotatable bonds is 10. The minimum Gasteiger partial charge on any atom is -0.489 e. The second kappa shape index (κ2) is 10.1. The molecule has 2 bridgehead atoms. The Hall–Kier alpha value is -3.28. The lowest BCUT2D eigenvalue weighted by molar-refractivity contribution is -0.144. The van der Waals surface area contributed by atoms with Gasteiger partial charge in [-0.05, 0) is 57.4 Å². The maximum absolute atomic E-state index is 11.6. The van der Waals surface area contributed by atoms with Crippen molar-refractivity contribution in [2.45, 2.75) is 64.6 Å². The number of ether oxygens (including phenoxy) is 4. The van der Waals surface area contributed by atoms with Crippen LogP contribution in [0.3, 0.4) is 0 Å². The van der Waals surface area contributed by atoms with E-state index in [4.69, 9.17) is 18.9 Å². The molecule has 2 aliphatic carbocycles. The maximum atomic E-state index is 11.6. The molecular weight excluding hydrogens is 444 g/mol. The SMILES string of the molecule is C=CC(=O)OC(C)COc1c2c(c(OCC(C)OC(=O)C=C)c3ccc(C)cc13)C1CC2CC1C. The zero-order valence-electron chi connectivity index (χ0n) is 21.0. The van der Waals surface area contributed by atoms with Crippen molar-refractivity contribution >= 4 is 22.7 Å². The molecule has 6 nitrogen and oxygen atoms in total. The van der Waals surface area contributed by atoms with Crippen LogP contribution < -0.4 is 9.47 Å². The summed E-state index contributed by atoms with van der Waals surface area (Å²) in [7, 11) is 0. The molecule has 2 aromatic rings. The lowest BCUT2D eigenvalue weighted by atomic mass is 9.81. The van der Waals surface area contributed by atoms with E-state index in [1.807, 2.05) is 13.8 Å². The average molecular weight is 479 g/mol. The third-order valence-corrected chi connectivity index (χ3v) is 7.00. The van der Waals surface area contributed by atoms with Gasteiger partial charge in [0, 0.05) is 34.1 Å². The van der Waals surface area contributed by atoms with E-state index in [0.29, 0.717) is 17.8 Å². The number of carbonyl (C=O) groups is 2. The first kappa shape index (κ1) is 24.8. The summed E-state index contributed by atoms with van der Waals surface area (Å²) >= 11 is 0. The predicted molar refractivity (Wildman–Crippen MR) is 135 cm³/mol. The molecule has 0 aliphatic heterocycles. The number of hydrogen-bond acceptors (Lipinski definition) is 6. The van der Waals surface area contributed by atoms with Crippen molar-refractivity contribution in [2.75, 3.05) is 13.2 Å². The minimum atomic E-state index is -0.463. The standard InChI is InChI=1S/C29H34O6/c1-7-24(30)34-18(5)14-32-28-21-10-9-16(3)11-23(21)29(33-15-19(6)35-25(31)8-2)26-20-12-17(4)22(13-20)27(26)28/h7-11,17-20,22H,1-2,12-15H2,3-6H3. The highest BCUT2D eigenvalue weighted by Gasteiger charge is 2.46. The first-order valence-electron chi connectivity index (χ1n) is 12.2. The zero-order valence-corrected chi connectivity index (χ0v) is 21.0. The molecule has 0 spiro atoms. The van der Waals surface area contributed by atoms with Crippen LogP contribution in [0.15, 0.2) is 43.5 Å². The first-order valence-corrected chi connectivity index (χ1v) is 12.2. The van der Waals surface area contributed by atoms with Crippen molar-refractivity contribution in [2.24, 2.45) is 5.92 Å². The van der Waals surface area contributed by atoms with Gasteiger partial charge in [-0.15, -0.1) is 0 Å². The Balaban J connectivity index is 1.75. The Bertz CT molecular complexity index is 1170. The molecule has 5 atom stereocenters. The number of esters is 2. The summed E-state index contributed by atoms with van der Waals surface area (Å²) in [4.78, 5) is 23.3. The van der Waals surface area contributed by atoms with Gasteiger partial charge in [-0.3, -0.25) is 0 Å². The third kappa shape index (κ3) is 4.93. The number of aryl methyl sites for hydroxylation is 1. The van der Waals surface area contributed by atoms with Crippen molar-refractivity contribution in [3.63, 3.8) is 0 Å². The van der Waals surface area contributed by atoms with Gasteiger partial charge in [0.15, 0.2) is 0 Å². The van der Waals surface area contributed by atoms with Gasteiger partial charge in [-0.1, -0.05) is 37.8 Å². The van der Waals surface area contributed by atoms with Gasteiger partial charge in [-0.25, -0.2) is 9.59 Å². The molecule has 0 N–H and O–H groups in total. The number of hydrogen-bond donors (Lipinski definition) is 0. The number of benzene rings is 2. The molecule has 35 heavy (non-hydrogen) atoms. The topological polar surface area (TPSA) is 71.1 Å². The summed E-state index contributed by atoms with van der Waals surface area (Å²) in [5.74, 6) is 2.13.